The van der Waals surface area contributed by atoms with Gasteiger partial charge in [0.25, 0.3) is 0 Å². The lowest BCUT2D eigenvalue weighted by Gasteiger charge is -2.33. The fourth-order valence-electron chi connectivity index (χ4n) is 2.92. The number of aromatic nitrogens is 2. The second-order valence-corrected chi connectivity index (χ2v) is 10.4. The molecule has 0 aliphatic carbocycles. The van der Waals surface area contributed by atoms with E-state index in [2.05, 4.69) is 4.98 Å². The molecule has 0 saturated carbocycles. The predicted octanol–water partition coefficient (Wildman–Crippen LogP) is 3.88. The van der Waals surface area contributed by atoms with Gasteiger partial charge in [0.15, 0.2) is 18.1 Å². The third-order valence-electron chi connectivity index (χ3n) is 4.91. The van der Waals surface area contributed by atoms with E-state index in [0.717, 1.165) is 0 Å². The van der Waals surface area contributed by atoms with Crippen LogP contribution in [0.2, 0.25) is 0 Å². The molecule has 0 aliphatic rings. The Balaban J connectivity index is 2.13. The minimum absolute atomic E-state index is 0.0121. The lowest BCUT2D eigenvalue weighted by atomic mass is 10.2. The van der Waals surface area contributed by atoms with Crippen LogP contribution in [0.25, 0.3) is 0 Å². The van der Waals surface area contributed by atoms with Crippen molar-refractivity contribution < 1.29 is 23.5 Å². The molecular formula is C19H28Cl2N5O6P. The maximum absolute atomic E-state index is 13.5. The minimum atomic E-state index is -3.34. The van der Waals surface area contributed by atoms with Crippen molar-refractivity contribution in [1.29, 1.82) is 0 Å². The zero-order chi connectivity index (χ0) is 24.6. The summed E-state index contributed by atoms with van der Waals surface area (Å²) in [5.41, 5.74) is 0.714. The highest BCUT2D eigenvalue weighted by Gasteiger charge is 2.34. The number of nitro groups is 1. The van der Waals surface area contributed by atoms with Gasteiger partial charge in [0.2, 0.25) is 5.82 Å². The van der Waals surface area contributed by atoms with Gasteiger partial charge in [0, 0.05) is 24.8 Å². The van der Waals surface area contributed by atoms with E-state index in [1.165, 1.54) is 17.9 Å². The summed E-state index contributed by atoms with van der Waals surface area (Å²) < 4.78 is 35.1. The van der Waals surface area contributed by atoms with Crippen molar-refractivity contribution in [3.8, 4) is 11.5 Å². The number of ether oxygens (including phenoxy) is 2. The van der Waals surface area contributed by atoms with Gasteiger partial charge in [-0.25, -0.2) is 18.9 Å². The standard InChI is InChI=1S/C19H28Cl2N5O6P/c1-23(9-7-20)33(29,24(2)10-8-21)32-13-15-5-6-16(17(11-15)30-4)31-14-18-22-12-19(25(18)3)26(27)28/h5-6,11-12H,7-10,13-14H2,1-4H3. The highest BCUT2D eigenvalue weighted by atomic mass is 35.5. The van der Waals surface area contributed by atoms with Gasteiger partial charge in [-0.15, -0.1) is 23.2 Å². The monoisotopic (exact) mass is 523 g/mol. The minimum Gasteiger partial charge on any atom is -0.493 e. The summed E-state index contributed by atoms with van der Waals surface area (Å²) in [4.78, 5) is 14.5. The van der Waals surface area contributed by atoms with E-state index in [-0.39, 0.29) is 19.0 Å². The number of alkyl halides is 2. The van der Waals surface area contributed by atoms with Gasteiger partial charge in [0.05, 0.1) is 20.8 Å². The summed E-state index contributed by atoms with van der Waals surface area (Å²) in [5, 5.41) is 11.0. The number of hydrogen-bond donors (Lipinski definition) is 0. The predicted molar refractivity (Wildman–Crippen MR) is 126 cm³/mol. The van der Waals surface area contributed by atoms with Crippen molar-refractivity contribution in [3.05, 3.63) is 45.9 Å². The molecule has 0 unspecified atom stereocenters. The van der Waals surface area contributed by atoms with Crippen molar-refractivity contribution in [2.75, 3.05) is 46.1 Å². The molecule has 0 amide bonds. The highest BCUT2D eigenvalue weighted by Crippen LogP contribution is 2.53. The third-order valence-corrected chi connectivity index (χ3v) is 7.84. The first-order valence-electron chi connectivity index (χ1n) is 9.92. The molecule has 0 aliphatic heterocycles. The Morgan fingerprint density at radius 1 is 1.15 bits per heavy atom. The quantitative estimate of drug-likeness (QED) is 0.157. The van der Waals surface area contributed by atoms with Crippen molar-refractivity contribution in [2.24, 2.45) is 7.05 Å². The third kappa shape index (κ3) is 6.81. The van der Waals surface area contributed by atoms with Crippen LogP contribution in [0.3, 0.4) is 0 Å². The van der Waals surface area contributed by atoms with Gasteiger partial charge in [-0.1, -0.05) is 6.07 Å². The van der Waals surface area contributed by atoms with E-state index in [1.807, 2.05) is 0 Å². The summed E-state index contributed by atoms with van der Waals surface area (Å²) in [6, 6.07) is 5.15. The van der Waals surface area contributed by atoms with Crippen molar-refractivity contribution in [3.63, 3.8) is 0 Å². The van der Waals surface area contributed by atoms with Crippen LogP contribution in [0.4, 0.5) is 5.82 Å². The first-order chi connectivity index (χ1) is 15.7. The second-order valence-electron chi connectivity index (χ2n) is 7.03. The first kappa shape index (κ1) is 27.4. The topological polar surface area (TPSA) is 112 Å². The van der Waals surface area contributed by atoms with E-state index in [9.17, 15) is 14.7 Å². The Labute approximate surface area is 202 Å². The van der Waals surface area contributed by atoms with Gasteiger partial charge in [-0.3, -0.25) is 4.57 Å². The largest absolute Gasteiger partial charge is 0.493 e. The van der Waals surface area contributed by atoms with Crippen LogP contribution in [0.1, 0.15) is 11.4 Å². The van der Waals surface area contributed by atoms with Crippen LogP contribution in [0.5, 0.6) is 11.5 Å². The van der Waals surface area contributed by atoms with Crippen LogP contribution in [-0.4, -0.2) is 69.9 Å². The van der Waals surface area contributed by atoms with E-state index < -0.39 is 12.6 Å². The average molecular weight is 524 g/mol. The van der Waals surface area contributed by atoms with Gasteiger partial charge in [-0.2, -0.15) is 0 Å². The summed E-state index contributed by atoms with van der Waals surface area (Å²) in [6.45, 7) is 0.830. The van der Waals surface area contributed by atoms with Crippen molar-refractivity contribution in [2.45, 2.75) is 13.2 Å². The normalized spacial score (nSPS) is 11.9. The lowest BCUT2D eigenvalue weighted by Crippen LogP contribution is -2.30. The molecule has 33 heavy (non-hydrogen) atoms. The fourth-order valence-corrected chi connectivity index (χ4v) is 5.60. The Morgan fingerprint density at radius 3 is 2.30 bits per heavy atom. The van der Waals surface area contributed by atoms with Crippen LogP contribution < -0.4 is 9.47 Å². The summed E-state index contributed by atoms with van der Waals surface area (Å²) in [5.74, 6) is 1.72. The molecule has 0 saturated heterocycles. The van der Waals surface area contributed by atoms with Crippen molar-refractivity contribution >= 4 is 36.7 Å². The molecule has 0 fully saturated rings. The van der Waals surface area contributed by atoms with Gasteiger partial charge < -0.3 is 24.1 Å². The molecule has 0 N–H and O–H groups in total. The molecule has 2 aromatic rings. The fraction of sp³-hybridized carbons (Fsp3) is 0.526. The Morgan fingerprint density at radius 2 is 1.79 bits per heavy atom. The highest BCUT2D eigenvalue weighted by molar-refractivity contribution is 7.53. The molecular weight excluding hydrogens is 496 g/mol. The van der Waals surface area contributed by atoms with E-state index in [1.54, 1.807) is 48.7 Å². The molecule has 184 valence electrons. The maximum Gasteiger partial charge on any atom is 0.345 e. The lowest BCUT2D eigenvalue weighted by molar-refractivity contribution is -0.391. The Hall–Kier alpha value is -1.88. The Bertz CT molecular complexity index is 976. The zero-order valence-electron chi connectivity index (χ0n) is 18.9. The summed E-state index contributed by atoms with van der Waals surface area (Å²) >= 11 is 11.7. The van der Waals surface area contributed by atoms with Crippen LogP contribution in [-0.2, 0) is 29.4 Å². The van der Waals surface area contributed by atoms with Gasteiger partial charge in [-0.05, 0) is 36.7 Å². The van der Waals surface area contributed by atoms with Crippen LogP contribution >= 0.6 is 30.9 Å². The SMILES string of the molecule is COc1cc(COP(=O)(N(C)CCCl)N(C)CCCl)ccc1OCc1ncc([N+](=O)[O-])n1C. The number of nitrogens with zero attached hydrogens (tertiary/aromatic N) is 5. The summed E-state index contributed by atoms with van der Waals surface area (Å²) in [7, 11) is 3.07. The number of methoxy groups -OCH3 is 1. The van der Waals surface area contributed by atoms with E-state index >= 15 is 0 Å². The molecule has 1 aromatic carbocycles. The second kappa shape index (κ2) is 12.5. The molecule has 0 bridgehead atoms. The van der Waals surface area contributed by atoms with Crippen molar-refractivity contribution in [1.82, 2.24) is 18.9 Å². The number of rotatable bonds is 14. The smallest absolute Gasteiger partial charge is 0.345 e. The maximum atomic E-state index is 13.5. The molecule has 0 spiro atoms. The van der Waals surface area contributed by atoms with Gasteiger partial charge >= 0.3 is 13.5 Å². The number of hydrogen-bond acceptors (Lipinski definition) is 7. The van der Waals surface area contributed by atoms with Crippen LogP contribution in [0.15, 0.2) is 24.4 Å². The van der Waals surface area contributed by atoms with E-state index in [0.29, 0.717) is 47.7 Å². The molecule has 2 rings (SSSR count). The molecule has 11 nitrogen and oxygen atoms in total. The summed E-state index contributed by atoms with van der Waals surface area (Å²) in [6.07, 6.45) is 1.18. The average Bonchev–Trinajstić information content (AvgIpc) is 3.16. The molecule has 1 aromatic heterocycles. The van der Waals surface area contributed by atoms with E-state index in [4.69, 9.17) is 37.2 Å². The molecule has 0 atom stereocenters. The zero-order valence-corrected chi connectivity index (χ0v) is 21.3. The van der Waals surface area contributed by atoms with Gasteiger partial charge in [0.1, 0.15) is 6.20 Å². The molecule has 14 heteroatoms. The molecule has 1 heterocycles. The first-order valence-corrected chi connectivity index (χ1v) is 12.5. The molecule has 0 radical (unpaired) electrons. The number of benzene rings is 1. The van der Waals surface area contributed by atoms with Crippen LogP contribution in [0, 0.1) is 10.1 Å². The Kier molecular flexibility index (Phi) is 10.4. The number of imidazole rings is 1. The number of halogens is 2.